The normalized spacial score (nSPS) is 10.5. The van der Waals surface area contributed by atoms with E-state index in [1.807, 2.05) is 0 Å². The van der Waals surface area contributed by atoms with Gasteiger partial charge in [0, 0.05) is 0 Å². The number of hydrogen-bond donors (Lipinski definition) is 3. The Morgan fingerprint density at radius 2 is 1.43 bits per heavy atom. The molecule has 0 saturated carbocycles. The maximum absolute atomic E-state index is 11.8. The number of hydrogen-bond acceptors (Lipinski definition) is 4. The predicted molar refractivity (Wildman–Crippen MR) is 106 cm³/mol. The van der Waals surface area contributed by atoms with Gasteiger partial charge in [0.15, 0.2) is 0 Å². The van der Waals surface area contributed by atoms with Crippen LogP contribution in [0.5, 0.6) is 5.75 Å². The lowest BCUT2D eigenvalue weighted by atomic mass is 10.1. The molecule has 0 heterocycles. The minimum Gasteiger partial charge on any atom is -0.494 e. The molecule has 0 bridgehead atoms. The van der Waals surface area contributed by atoms with Gasteiger partial charge in [-0.3, -0.25) is 10.1 Å². The molecule has 0 aliphatic rings. The average Bonchev–Trinajstić information content (AvgIpc) is 2.65. The number of carboxylic acids is 1. The molecule has 0 radical (unpaired) electrons. The van der Waals surface area contributed by atoms with Crippen LogP contribution in [0, 0.1) is 0 Å². The van der Waals surface area contributed by atoms with Crippen molar-refractivity contribution in [3.8, 4) is 5.75 Å². The lowest BCUT2D eigenvalue weighted by Crippen LogP contribution is -2.30. The highest BCUT2D eigenvalue weighted by Gasteiger charge is 2.19. The number of aromatic carboxylic acids is 1. The van der Waals surface area contributed by atoms with Crippen LogP contribution >= 0.6 is 0 Å². The molecule has 1 aromatic carbocycles. The van der Waals surface area contributed by atoms with Crippen LogP contribution in [0.15, 0.2) is 18.2 Å². The van der Waals surface area contributed by atoms with Crippen LogP contribution in [0.2, 0.25) is 0 Å². The first-order chi connectivity index (χ1) is 13.5. The van der Waals surface area contributed by atoms with Crippen LogP contribution in [0.1, 0.15) is 91.8 Å². The van der Waals surface area contributed by atoms with Gasteiger partial charge < -0.3 is 14.9 Å². The molecule has 0 saturated heterocycles. The molecule has 1 rings (SSSR count). The Morgan fingerprint density at radius 1 is 0.857 bits per heavy atom. The zero-order valence-corrected chi connectivity index (χ0v) is 16.5. The van der Waals surface area contributed by atoms with E-state index in [4.69, 9.17) is 9.84 Å². The van der Waals surface area contributed by atoms with E-state index >= 15 is 0 Å². The smallest absolute Gasteiger partial charge is 0.411 e. The standard InChI is InChI=1S/C21H31NO6/c1-2-3-4-5-6-7-8-9-10-11-14-28-16-12-13-17(18(15-16)20(24)25)19(23)22-21(26)27/h12-13,15H,2-11,14H2,1H3,(H,22,23)(H,24,25)(H,26,27). The zero-order valence-electron chi connectivity index (χ0n) is 16.5. The quantitative estimate of drug-likeness (QED) is 0.379. The SMILES string of the molecule is CCCCCCCCCCCCOc1ccc(C(=O)NC(=O)O)c(C(=O)O)c1. The molecule has 2 amide bonds. The highest BCUT2D eigenvalue weighted by Crippen LogP contribution is 2.19. The Labute approximate surface area is 166 Å². The van der Waals surface area contributed by atoms with Gasteiger partial charge in [0.2, 0.25) is 0 Å². The Balaban J connectivity index is 2.33. The highest BCUT2D eigenvalue weighted by atomic mass is 16.5. The summed E-state index contributed by atoms with van der Waals surface area (Å²) in [6, 6.07) is 3.98. The number of unbranched alkanes of at least 4 members (excludes halogenated alkanes) is 9. The Kier molecular flexibility index (Phi) is 11.4. The summed E-state index contributed by atoms with van der Waals surface area (Å²) in [6.07, 6.45) is 10.6. The van der Waals surface area contributed by atoms with Crippen LogP contribution < -0.4 is 10.1 Å². The lowest BCUT2D eigenvalue weighted by molar-refractivity contribution is 0.0689. The molecule has 28 heavy (non-hydrogen) atoms. The number of benzene rings is 1. The van der Waals surface area contributed by atoms with Gasteiger partial charge in [0.25, 0.3) is 5.91 Å². The highest BCUT2D eigenvalue weighted by molar-refractivity contribution is 6.09. The molecule has 3 N–H and O–H groups in total. The summed E-state index contributed by atoms with van der Waals surface area (Å²) >= 11 is 0. The number of amides is 2. The fraction of sp³-hybridized carbons (Fsp3) is 0.571. The number of nitrogens with one attached hydrogen (secondary N) is 1. The molecule has 0 fully saturated rings. The molecule has 0 aromatic heterocycles. The third kappa shape index (κ3) is 9.39. The summed E-state index contributed by atoms with van der Waals surface area (Å²) in [6.45, 7) is 2.69. The molecule has 1 aromatic rings. The third-order valence-corrected chi connectivity index (χ3v) is 4.45. The van der Waals surface area contributed by atoms with Crippen LogP contribution in [0.3, 0.4) is 0 Å². The molecule has 7 nitrogen and oxygen atoms in total. The number of rotatable bonds is 14. The lowest BCUT2D eigenvalue weighted by Gasteiger charge is -2.10. The first-order valence-corrected chi connectivity index (χ1v) is 10.00. The van der Waals surface area contributed by atoms with Crippen LogP contribution in [0.25, 0.3) is 0 Å². The van der Waals surface area contributed by atoms with Gasteiger partial charge in [0.1, 0.15) is 5.75 Å². The topological polar surface area (TPSA) is 113 Å². The number of carboxylic acid groups (broad SMARTS) is 2. The van der Waals surface area contributed by atoms with Gasteiger partial charge in [-0.05, 0) is 24.6 Å². The minimum atomic E-state index is -1.54. The summed E-state index contributed by atoms with van der Waals surface area (Å²) in [4.78, 5) is 33.7. The maximum Gasteiger partial charge on any atom is 0.411 e. The fourth-order valence-corrected chi connectivity index (χ4v) is 2.93. The van der Waals surface area contributed by atoms with Gasteiger partial charge in [-0.15, -0.1) is 0 Å². The number of imide groups is 1. The first kappa shape index (κ1) is 23.5. The summed E-state index contributed by atoms with van der Waals surface area (Å²) in [5.41, 5.74) is -0.513. The van der Waals surface area contributed by atoms with E-state index in [-0.39, 0.29) is 11.1 Å². The second-order valence-electron chi connectivity index (χ2n) is 6.80. The van der Waals surface area contributed by atoms with Gasteiger partial charge >= 0.3 is 12.1 Å². The molecule has 0 atom stereocenters. The van der Waals surface area contributed by atoms with Crippen LogP contribution in [0.4, 0.5) is 4.79 Å². The number of carbonyl (C=O) groups excluding carboxylic acids is 1. The van der Waals surface area contributed by atoms with Gasteiger partial charge in [0.05, 0.1) is 17.7 Å². The number of carbonyl (C=O) groups is 3. The molecule has 0 aliphatic carbocycles. The van der Waals surface area contributed by atoms with Crippen molar-refractivity contribution in [1.29, 1.82) is 0 Å². The Bertz CT molecular complexity index is 644. The van der Waals surface area contributed by atoms with Crippen molar-refractivity contribution in [2.24, 2.45) is 0 Å². The van der Waals surface area contributed by atoms with E-state index in [1.165, 1.54) is 63.1 Å². The van der Waals surface area contributed by atoms with Crippen molar-refractivity contribution in [2.75, 3.05) is 6.61 Å². The second-order valence-corrected chi connectivity index (χ2v) is 6.80. The molecule has 7 heteroatoms. The molecule has 0 aliphatic heterocycles. The van der Waals surface area contributed by atoms with Crippen LogP contribution in [-0.4, -0.2) is 34.8 Å². The molecule has 156 valence electrons. The van der Waals surface area contributed by atoms with Crippen molar-refractivity contribution in [2.45, 2.75) is 71.1 Å². The second kappa shape index (κ2) is 13.6. The molecule has 0 unspecified atom stereocenters. The van der Waals surface area contributed by atoms with Crippen molar-refractivity contribution in [3.63, 3.8) is 0 Å². The number of ether oxygens (including phenoxy) is 1. The van der Waals surface area contributed by atoms with E-state index < -0.39 is 18.0 Å². The summed E-state index contributed by atoms with van der Waals surface area (Å²) in [5, 5.41) is 19.5. The maximum atomic E-state index is 11.8. The Morgan fingerprint density at radius 3 is 1.96 bits per heavy atom. The average molecular weight is 393 g/mol. The van der Waals surface area contributed by atoms with Crippen molar-refractivity contribution in [1.82, 2.24) is 5.32 Å². The van der Waals surface area contributed by atoms with Crippen LogP contribution in [-0.2, 0) is 0 Å². The molecule has 0 spiro atoms. The predicted octanol–water partition coefficient (Wildman–Crippen LogP) is 5.09. The molecular formula is C21H31NO6. The van der Waals surface area contributed by atoms with Crippen molar-refractivity contribution >= 4 is 18.0 Å². The van der Waals surface area contributed by atoms with E-state index in [9.17, 15) is 19.5 Å². The van der Waals surface area contributed by atoms with Gasteiger partial charge in [-0.25, -0.2) is 9.59 Å². The summed E-state index contributed by atoms with van der Waals surface area (Å²) in [5.74, 6) is -1.95. The van der Waals surface area contributed by atoms with Crippen molar-refractivity contribution in [3.05, 3.63) is 29.3 Å². The summed E-state index contributed by atoms with van der Waals surface area (Å²) < 4.78 is 5.57. The van der Waals surface area contributed by atoms with E-state index in [0.29, 0.717) is 12.4 Å². The van der Waals surface area contributed by atoms with E-state index in [1.54, 1.807) is 5.32 Å². The van der Waals surface area contributed by atoms with Gasteiger partial charge in [-0.1, -0.05) is 64.7 Å². The third-order valence-electron chi connectivity index (χ3n) is 4.45. The zero-order chi connectivity index (χ0) is 20.8. The largest absolute Gasteiger partial charge is 0.494 e. The Hall–Kier alpha value is -2.57. The summed E-state index contributed by atoms with van der Waals surface area (Å²) in [7, 11) is 0. The fourth-order valence-electron chi connectivity index (χ4n) is 2.93. The van der Waals surface area contributed by atoms with Gasteiger partial charge in [-0.2, -0.15) is 0 Å². The monoisotopic (exact) mass is 393 g/mol. The van der Waals surface area contributed by atoms with E-state index in [2.05, 4.69) is 6.92 Å². The minimum absolute atomic E-state index is 0.221. The van der Waals surface area contributed by atoms with Crippen molar-refractivity contribution < 1.29 is 29.3 Å². The van der Waals surface area contributed by atoms with E-state index in [0.717, 1.165) is 19.3 Å². The molecular weight excluding hydrogens is 362 g/mol. The first-order valence-electron chi connectivity index (χ1n) is 10.00.